The first-order valence-electron chi connectivity index (χ1n) is 9.67. The molecule has 0 radical (unpaired) electrons. The predicted molar refractivity (Wildman–Crippen MR) is 115 cm³/mol. The lowest BCUT2D eigenvalue weighted by Crippen LogP contribution is -2.57. The van der Waals surface area contributed by atoms with E-state index < -0.39 is 29.0 Å². The summed E-state index contributed by atoms with van der Waals surface area (Å²) in [5.74, 6) is -1.44. The fourth-order valence-corrected chi connectivity index (χ4v) is 4.68. The number of likely N-dealkylation sites (tertiary alicyclic amines) is 1. The zero-order valence-corrected chi connectivity index (χ0v) is 18.4. The summed E-state index contributed by atoms with van der Waals surface area (Å²) in [4.78, 5) is 1.27. The summed E-state index contributed by atoms with van der Waals surface area (Å²) in [7, 11) is -0.839. The highest BCUT2D eigenvalue weighted by Gasteiger charge is 2.44. The molecule has 0 atom stereocenters. The van der Waals surface area contributed by atoms with E-state index in [0.29, 0.717) is 11.5 Å². The lowest BCUT2D eigenvalue weighted by molar-refractivity contribution is -0.126. The van der Waals surface area contributed by atoms with Crippen LogP contribution < -0.4 is 9.47 Å². The van der Waals surface area contributed by atoms with Crippen molar-refractivity contribution in [2.45, 2.75) is 19.0 Å². The van der Waals surface area contributed by atoms with Gasteiger partial charge in [0, 0.05) is 19.6 Å². The minimum absolute atomic E-state index is 0.105. The summed E-state index contributed by atoms with van der Waals surface area (Å²) in [5.41, 5.74) is 1.53. The molecule has 1 heterocycles. The Balaban J connectivity index is 1.80. The molecule has 1 saturated heterocycles. The highest BCUT2D eigenvalue weighted by molar-refractivity contribution is 7.93. The van der Waals surface area contributed by atoms with Gasteiger partial charge in [-0.2, -0.15) is 4.31 Å². The van der Waals surface area contributed by atoms with E-state index in [1.165, 1.54) is 9.21 Å². The molecule has 0 saturated carbocycles. The normalized spacial score (nSPS) is 16.0. The molecule has 0 aliphatic carbocycles. The topological polar surface area (TPSA) is 59.1 Å². The standard InChI is InChI=1S/C22H26F2N2O4S/c1-17(12-25-15-22(23,24)16-25)31(27,28)26(13-18-4-8-20(29-2)9-5-18)14-19-6-10-21(30-3)11-7-19/h4-11H,1,12-16H2,2-3H3. The van der Waals surface area contributed by atoms with E-state index in [-0.39, 0.29) is 24.5 Å². The maximum absolute atomic E-state index is 13.3. The molecule has 9 heteroatoms. The molecule has 0 amide bonds. The Morgan fingerprint density at radius 1 is 0.968 bits per heavy atom. The molecule has 0 unspecified atom stereocenters. The summed E-state index contributed by atoms with van der Waals surface area (Å²) in [6, 6.07) is 14.2. The average molecular weight is 453 g/mol. The van der Waals surface area contributed by atoms with E-state index in [1.54, 1.807) is 62.8 Å². The van der Waals surface area contributed by atoms with Crippen molar-refractivity contribution in [3.8, 4) is 11.5 Å². The maximum Gasteiger partial charge on any atom is 0.272 e. The molecule has 2 aromatic carbocycles. The molecule has 0 bridgehead atoms. The van der Waals surface area contributed by atoms with Crippen molar-refractivity contribution in [3.05, 3.63) is 71.1 Å². The van der Waals surface area contributed by atoms with Gasteiger partial charge in [0.2, 0.25) is 10.0 Å². The fourth-order valence-electron chi connectivity index (χ4n) is 3.33. The third kappa shape index (κ3) is 5.81. The summed E-state index contributed by atoms with van der Waals surface area (Å²) >= 11 is 0. The second-order valence-corrected chi connectivity index (χ2v) is 9.55. The molecule has 168 valence electrons. The van der Waals surface area contributed by atoms with Crippen molar-refractivity contribution in [2.75, 3.05) is 33.9 Å². The van der Waals surface area contributed by atoms with Crippen molar-refractivity contribution in [3.63, 3.8) is 0 Å². The molecule has 0 N–H and O–H groups in total. The number of ether oxygens (including phenoxy) is 2. The van der Waals surface area contributed by atoms with Crippen molar-refractivity contribution in [2.24, 2.45) is 0 Å². The Labute approximate surface area is 181 Å². The van der Waals surface area contributed by atoms with Crippen molar-refractivity contribution in [1.82, 2.24) is 9.21 Å². The lowest BCUT2D eigenvalue weighted by Gasteiger charge is -2.39. The molecule has 0 aromatic heterocycles. The van der Waals surface area contributed by atoms with Crippen LogP contribution in [0.4, 0.5) is 8.78 Å². The van der Waals surface area contributed by atoms with Gasteiger partial charge in [0.1, 0.15) is 11.5 Å². The van der Waals surface area contributed by atoms with Crippen LogP contribution in [0.3, 0.4) is 0 Å². The molecular weight excluding hydrogens is 426 g/mol. The second-order valence-electron chi connectivity index (χ2n) is 7.51. The number of methoxy groups -OCH3 is 2. The number of benzene rings is 2. The lowest BCUT2D eigenvalue weighted by atomic mass is 10.1. The fraction of sp³-hybridized carbons (Fsp3) is 0.364. The van der Waals surface area contributed by atoms with E-state index >= 15 is 0 Å². The smallest absolute Gasteiger partial charge is 0.272 e. The van der Waals surface area contributed by atoms with Crippen molar-refractivity contribution >= 4 is 10.0 Å². The van der Waals surface area contributed by atoms with Gasteiger partial charge in [-0.3, -0.25) is 4.90 Å². The van der Waals surface area contributed by atoms with Crippen LogP contribution in [0.2, 0.25) is 0 Å². The number of rotatable bonds is 10. The van der Waals surface area contributed by atoms with Gasteiger partial charge in [0.15, 0.2) is 0 Å². The number of alkyl halides is 2. The number of hydrogen-bond acceptors (Lipinski definition) is 5. The van der Waals surface area contributed by atoms with Gasteiger partial charge >= 0.3 is 0 Å². The first-order chi connectivity index (χ1) is 14.6. The Hall–Kier alpha value is -2.49. The highest BCUT2D eigenvalue weighted by atomic mass is 32.2. The van der Waals surface area contributed by atoms with Crippen LogP contribution in [0.5, 0.6) is 11.5 Å². The zero-order chi connectivity index (χ0) is 22.6. The zero-order valence-electron chi connectivity index (χ0n) is 17.6. The van der Waals surface area contributed by atoms with Crippen LogP contribution in [0.1, 0.15) is 11.1 Å². The number of hydrogen-bond donors (Lipinski definition) is 0. The summed E-state index contributed by atoms with van der Waals surface area (Å²) in [5, 5.41) is 0. The highest BCUT2D eigenvalue weighted by Crippen LogP contribution is 2.29. The van der Waals surface area contributed by atoms with Crippen LogP contribution >= 0.6 is 0 Å². The van der Waals surface area contributed by atoms with Gasteiger partial charge in [-0.25, -0.2) is 17.2 Å². The molecule has 31 heavy (non-hydrogen) atoms. The van der Waals surface area contributed by atoms with Crippen LogP contribution in [0.15, 0.2) is 60.0 Å². The van der Waals surface area contributed by atoms with Gasteiger partial charge < -0.3 is 9.47 Å². The van der Waals surface area contributed by atoms with Gasteiger partial charge in [-0.1, -0.05) is 30.8 Å². The molecule has 3 rings (SSSR count). The molecule has 6 nitrogen and oxygen atoms in total. The quantitative estimate of drug-likeness (QED) is 0.552. The minimum Gasteiger partial charge on any atom is -0.497 e. The van der Waals surface area contributed by atoms with Crippen molar-refractivity contribution in [1.29, 1.82) is 0 Å². The average Bonchev–Trinajstić information content (AvgIpc) is 2.73. The first-order valence-corrected chi connectivity index (χ1v) is 11.1. The van der Waals surface area contributed by atoms with E-state index in [4.69, 9.17) is 9.47 Å². The maximum atomic E-state index is 13.3. The molecule has 2 aromatic rings. The summed E-state index contributed by atoms with van der Waals surface area (Å²) in [6.07, 6.45) is 0. The third-order valence-electron chi connectivity index (χ3n) is 5.05. The van der Waals surface area contributed by atoms with E-state index in [1.807, 2.05) is 0 Å². The van der Waals surface area contributed by atoms with Crippen LogP contribution in [0.25, 0.3) is 0 Å². The molecular formula is C22H26F2N2O4S. The van der Waals surface area contributed by atoms with E-state index in [9.17, 15) is 17.2 Å². The van der Waals surface area contributed by atoms with Crippen LogP contribution in [-0.2, 0) is 23.1 Å². The molecule has 1 fully saturated rings. The molecule has 1 aliphatic rings. The summed E-state index contributed by atoms with van der Waals surface area (Å²) < 4.78 is 64.5. The Kier molecular flexibility index (Phi) is 6.98. The monoisotopic (exact) mass is 452 g/mol. The van der Waals surface area contributed by atoms with Gasteiger partial charge in [-0.05, 0) is 35.4 Å². The van der Waals surface area contributed by atoms with E-state index in [2.05, 4.69) is 6.58 Å². The predicted octanol–water partition coefficient (Wildman–Crippen LogP) is 3.50. The van der Waals surface area contributed by atoms with Crippen LogP contribution in [0, 0.1) is 0 Å². The van der Waals surface area contributed by atoms with Crippen LogP contribution in [-0.4, -0.2) is 57.4 Å². The number of sulfonamides is 1. The summed E-state index contributed by atoms with van der Waals surface area (Å²) in [6.45, 7) is 2.86. The van der Waals surface area contributed by atoms with Gasteiger partial charge in [-0.15, -0.1) is 0 Å². The molecule has 1 aliphatic heterocycles. The first kappa shape index (κ1) is 23.2. The van der Waals surface area contributed by atoms with Crippen molar-refractivity contribution < 1.29 is 26.7 Å². The number of halogens is 2. The largest absolute Gasteiger partial charge is 0.497 e. The SMILES string of the molecule is C=C(CN1CC(F)(F)C1)S(=O)(=O)N(Cc1ccc(OC)cc1)Cc1ccc(OC)cc1. The number of nitrogens with zero attached hydrogens (tertiary/aromatic N) is 2. The second kappa shape index (κ2) is 9.33. The van der Waals surface area contributed by atoms with E-state index in [0.717, 1.165) is 11.1 Å². The molecule has 0 spiro atoms. The third-order valence-corrected chi connectivity index (χ3v) is 6.85. The Morgan fingerprint density at radius 3 is 1.74 bits per heavy atom. The Morgan fingerprint density at radius 2 is 1.39 bits per heavy atom. The minimum atomic E-state index is -3.95. The Bertz CT molecular complexity index is 951. The van der Waals surface area contributed by atoms with Gasteiger partial charge in [0.25, 0.3) is 5.92 Å². The van der Waals surface area contributed by atoms with Gasteiger partial charge in [0.05, 0.1) is 32.2 Å².